The first-order valence-corrected chi connectivity index (χ1v) is 5.33. The molecule has 2 atom stereocenters. The lowest BCUT2D eigenvalue weighted by atomic mass is 9.97. The van der Waals surface area contributed by atoms with Gasteiger partial charge in [0.25, 0.3) is 0 Å². The van der Waals surface area contributed by atoms with Crippen LogP contribution in [0.25, 0.3) is 0 Å². The van der Waals surface area contributed by atoms with Gasteiger partial charge in [0.2, 0.25) is 0 Å². The standard InChI is InChI=1S/C11H23NO2/c1-8(11(4,5)13)12-9-6-10(2,3)14-7-9/h8-9,12-13H,6-7H2,1-5H3. The van der Waals surface area contributed by atoms with Crippen LogP contribution < -0.4 is 5.32 Å². The molecule has 1 fully saturated rings. The average Bonchev–Trinajstić information content (AvgIpc) is 2.28. The fourth-order valence-electron chi connectivity index (χ4n) is 1.70. The Morgan fingerprint density at radius 3 is 2.43 bits per heavy atom. The minimum Gasteiger partial charge on any atom is -0.389 e. The van der Waals surface area contributed by atoms with Gasteiger partial charge >= 0.3 is 0 Å². The predicted molar refractivity (Wildman–Crippen MR) is 57.3 cm³/mol. The zero-order valence-electron chi connectivity index (χ0n) is 9.92. The molecule has 84 valence electrons. The van der Waals surface area contributed by atoms with E-state index < -0.39 is 5.60 Å². The molecule has 2 unspecified atom stereocenters. The molecule has 1 rings (SSSR count). The number of hydrogen-bond acceptors (Lipinski definition) is 3. The summed E-state index contributed by atoms with van der Waals surface area (Å²) < 4.78 is 5.62. The Kier molecular flexibility index (Phi) is 3.24. The van der Waals surface area contributed by atoms with Gasteiger partial charge in [-0.2, -0.15) is 0 Å². The highest BCUT2D eigenvalue weighted by molar-refractivity contribution is 4.90. The van der Waals surface area contributed by atoms with Gasteiger partial charge in [0.1, 0.15) is 0 Å². The minimum atomic E-state index is -0.674. The second kappa shape index (κ2) is 3.80. The summed E-state index contributed by atoms with van der Waals surface area (Å²) >= 11 is 0. The third kappa shape index (κ3) is 3.23. The summed E-state index contributed by atoms with van der Waals surface area (Å²) in [6.45, 7) is 10.6. The third-order valence-corrected chi connectivity index (χ3v) is 2.96. The van der Waals surface area contributed by atoms with Gasteiger partial charge in [-0.15, -0.1) is 0 Å². The molecule has 2 N–H and O–H groups in total. The summed E-state index contributed by atoms with van der Waals surface area (Å²) in [7, 11) is 0. The number of aliphatic hydroxyl groups is 1. The van der Waals surface area contributed by atoms with Gasteiger partial charge in [-0.1, -0.05) is 0 Å². The maximum absolute atomic E-state index is 9.77. The normalized spacial score (nSPS) is 29.1. The van der Waals surface area contributed by atoms with Crippen molar-refractivity contribution in [1.82, 2.24) is 5.32 Å². The lowest BCUT2D eigenvalue weighted by Crippen LogP contribution is -2.49. The SMILES string of the molecule is CC(NC1COC(C)(C)C1)C(C)(C)O. The maximum Gasteiger partial charge on any atom is 0.0741 e. The molecule has 1 heterocycles. The van der Waals surface area contributed by atoms with E-state index in [9.17, 15) is 5.11 Å². The van der Waals surface area contributed by atoms with E-state index in [1.165, 1.54) is 0 Å². The van der Waals surface area contributed by atoms with Gasteiger partial charge in [-0.3, -0.25) is 0 Å². The molecule has 0 bridgehead atoms. The molecule has 1 aliphatic heterocycles. The first kappa shape index (κ1) is 12.0. The van der Waals surface area contributed by atoms with E-state index >= 15 is 0 Å². The first-order valence-electron chi connectivity index (χ1n) is 5.33. The van der Waals surface area contributed by atoms with Crippen molar-refractivity contribution in [2.75, 3.05) is 6.61 Å². The Balaban J connectivity index is 2.40. The molecular weight excluding hydrogens is 178 g/mol. The molecule has 0 aromatic heterocycles. The van der Waals surface area contributed by atoms with Crippen molar-refractivity contribution in [2.24, 2.45) is 0 Å². The highest BCUT2D eigenvalue weighted by Gasteiger charge is 2.34. The number of ether oxygens (including phenoxy) is 1. The molecular formula is C11H23NO2. The topological polar surface area (TPSA) is 41.5 Å². The minimum absolute atomic E-state index is 0.0169. The van der Waals surface area contributed by atoms with Crippen LogP contribution in [0.4, 0.5) is 0 Å². The predicted octanol–water partition coefficient (Wildman–Crippen LogP) is 1.30. The van der Waals surface area contributed by atoms with Crippen LogP contribution in [0.1, 0.15) is 41.0 Å². The second-order valence-corrected chi connectivity index (χ2v) is 5.51. The highest BCUT2D eigenvalue weighted by atomic mass is 16.5. The Morgan fingerprint density at radius 2 is 2.07 bits per heavy atom. The zero-order chi connectivity index (χ0) is 11.0. The third-order valence-electron chi connectivity index (χ3n) is 2.96. The van der Waals surface area contributed by atoms with Crippen molar-refractivity contribution in [2.45, 2.75) is 64.3 Å². The summed E-state index contributed by atoms with van der Waals surface area (Å²) in [6, 6.07) is 0.455. The fraction of sp³-hybridized carbons (Fsp3) is 1.00. The van der Waals surface area contributed by atoms with E-state index in [0.29, 0.717) is 6.04 Å². The first-order chi connectivity index (χ1) is 6.21. The monoisotopic (exact) mass is 201 g/mol. The smallest absolute Gasteiger partial charge is 0.0741 e. The molecule has 0 amide bonds. The molecule has 0 aromatic carbocycles. The Morgan fingerprint density at radius 1 is 1.50 bits per heavy atom. The summed E-state index contributed by atoms with van der Waals surface area (Å²) in [4.78, 5) is 0. The average molecular weight is 201 g/mol. The van der Waals surface area contributed by atoms with Crippen molar-refractivity contribution < 1.29 is 9.84 Å². The largest absolute Gasteiger partial charge is 0.389 e. The Bertz CT molecular complexity index is 196. The van der Waals surface area contributed by atoms with Crippen LogP contribution >= 0.6 is 0 Å². The summed E-state index contributed by atoms with van der Waals surface area (Å²) in [5.74, 6) is 0. The van der Waals surface area contributed by atoms with E-state index in [2.05, 4.69) is 19.2 Å². The Labute approximate surface area is 86.8 Å². The fourth-order valence-corrected chi connectivity index (χ4v) is 1.70. The van der Waals surface area contributed by atoms with Gasteiger partial charge < -0.3 is 15.2 Å². The summed E-state index contributed by atoms with van der Waals surface area (Å²) in [5, 5.41) is 13.2. The van der Waals surface area contributed by atoms with E-state index in [-0.39, 0.29) is 11.6 Å². The molecule has 14 heavy (non-hydrogen) atoms. The number of hydrogen-bond donors (Lipinski definition) is 2. The van der Waals surface area contributed by atoms with Crippen molar-refractivity contribution in [3.63, 3.8) is 0 Å². The van der Waals surface area contributed by atoms with Crippen molar-refractivity contribution >= 4 is 0 Å². The zero-order valence-corrected chi connectivity index (χ0v) is 9.92. The van der Waals surface area contributed by atoms with Crippen LogP contribution in [0.15, 0.2) is 0 Å². The van der Waals surface area contributed by atoms with Crippen molar-refractivity contribution in [3.8, 4) is 0 Å². The molecule has 0 saturated carbocycles. The molecule has 0 aromatic rings. The number of rotatable bonds is 3. The Hall–Kier alpha value is -0.120. The van der Waals surface area contributed by atoms with E-state index in [4.69, 9.17) is 4.74 Å². The van der Waals surface area contributed by atoms with E-state index in [1.54, 1.807) is 0 Å². The molecule has 3 heteroatoms. The van der Waals surface area contributed by atoms with Crippen LogP contribution in [0.5, 0.6) is 0 Å². The van der Waals surface area contributed by atoms with Crippen molar-refractivity contribution in [1.29, 1.82) is 0 Å². The van der Waals surface area contributed by atoms with E-state index in [0.717, 1.165) is 13.0 Å². The molecule has 1 saturated heterocycles. The van der Waals surface area contributed by atoms with Crippen LogP contribution in [-0.2, 0) is 4.74 Å². The number of nitrogens with one attached hydrogen (secondary N) is 1. The molecule has 3 nitrogen and oxygen atoms in total. The summed E-state index contributed by atoms with van der Waals surface area (Å²) in [5.41, 5.74) is -0.691. The van der Waals surface area contributed by atoms with Gasteiger partial charge in [-0.05, 0) is 41.0 Å². The lowest BCUT2D eigenvalue weighted by molar-refractivity contribution is 0.0302. The van der Waals surface area contributed by atoms with Gasteiger partial charge in [-0.25, -0.2) is 0 Å². The summed E-state index contributed by atoms with van der Waals surface area (Å²) in [6.07, 6.45) is 1.01. The van der Waals surface area contributed by atoms with Crippen LogP contribution in [0.2, 0.25) is 0 Å². The van der Waals surface area contributed by atoms with Gasteiger partial charge in [0, 0.05) is 12.1 Å². The van der Waals surface area contributed by atoms with E-state index in [1.807, 2.05) is 20.8 Å². The quantitative estimate of drug-likeness (QED) is 0.723. The second-order valence-electron chi connectivity index (χ2n) is 5.51. The highest BCUT2D eigenvalue weighted by Crippen LogP contribution is 2.25. The van der Waals surface area contributed by atoms with Gasteiger partial charge in [0.05, 0.1) is 17.8 Å². The van der Waals surface area contributed by atoms with Crippen LogP contribution in [0.3, 0.4) is 0 Å². The molecule has 0 radical (unpaired) electrons. The van der Waals surface area contributed by atoms with Crippen molar-refractivity contribution in [3.05, 3.63) is 0 Å². The molecule has 0 aliphatic carbocycles. The molecule has 0 spiro atoms. The van der Waals surface area contributed by atoms with Gasteiger partial charge in [0.15, 0.2) is 0 Å². The maximum atomic E-state index is 9.77. The van der Waals surface area contributed by atoms with Crippen LogP contribution in [0, 0.1) is 0 Å². The van der Waals surface area contributed by atoms with Crippen LogP contribution in [-0.4, -0.2) is 35.0 Å². The molecule has 1 aliphatic rings. The lowest BCUT2D eigenvalue weighted by Gasteiger charge is -2.29.